The molecule has 0 N–H and O–H groups in total. The van der Waals surface area contributed by atoms with Gasteiger partial charge in [-0.25, -0.2) is 0 Å². The number of halogens is 1. The van der Waals surface area contributed by atoms with Gasteiger partial charge in [0.05, 0.1) is 17.8 Å². The van der Waals surface area contributed by atoms with Crippen LogP contribution in [0.25, 0.3) is 0 Å². The summed E-state index contributed by atoms with van der Waals surface area (Å²) in [4.78, 5) is 16.1. The molecule has 0 fully saturated rings. The number of aliphatic imine (C=N–C) groups is 1. The SMILES string of the molecule is CC1CC=Nc2ccccc2C(=O)N(F)CC1. The molecule has 1 aromatic carbocycles. The number of fused-ring (bicyclic) bond motifs is 1. The summed E-state index contributed by atoms with van der Waals surface area (Å²) in [6.45, 7) is 2.17. The number of carbonyl (C=O) groups excluding carboxylic acids is 1. The van der Waals surface area contributed by atoms with E-state index in [0.29, 0.717) is 23.6 Å². The normalized spacial score (nSPS) is 21.2. The third-order valence-electron chi connectivity index (χ3n) is 2.91. The van der Waals surface area contributed by atoms with Crippen LogP contribution in [0.15, 0.2) is 29.3 Å². The second-order valence-electron chi connectivity index (χ2n) is 4.35. The molecule has 1 unspecified atom stereocenters. The van der Waals surface area contributed by atoms with Crippen LogP contribution in [0.1, 0.15) is 30.1 Å². The van der Waals surface area contributed by atoms with Gasteiger partial charge >= 0.3 is 0 Å². The number of nitrogens with zero attached hydrogens (tertiary/aromatic N) is 2. The van der Waals surface area contributed by atoms with Gasteiger partial charge < -0.3 is 0 Å². The van der Waals surface area contributed by atoms with Gasteiger partial charge in [0, 0.05) is 6.21 Å². The topological polar surface area (TPSA) is 32.7 Å². The molecule has 0 aliphatic carbocycles. The average Bonchev–Trinajstić information content (AvgIpc) is 2.35. The van der Waals surface area contributed by atoms with E-state index in [1.807, 2.05) is 13.1 Å². The van der Waals surface area contributed by atoms with Crippen molar-refractivity contribution in [1.82, 2.24) is 5.12 Å². The number of hydrogen-bond acceptors (Lipinski definition) is 2. The molecule has 0 spiro atoms. The first-order valence-electron chi connectivity index (χ1n) is 5.77. The first kappa shape index (κ1) is 11.8. The predicted octanol–water partition coefficient (Wildman–Crippen LogP) is 3.15. The van der Waals surface area contributed by atoms with Crippen LogP contribution in [-0.2, 0) is 0 Å². The maximum atomic E-state index is 13.6. The van der Waals surface area contributed by atoms with Crippen LogP contribution < -0.4 is 0 Å². The number of carbonyl (C=O) groups is 1. The minimum absolute atomic E-state index is 0.141. The van der Waals surface area contributed by atoms with E-state index in [9.17, 15) is 9.28 Å². The molecule has 1 aliphatic rings. The highest BCUT2D eigenvalue weighted by Gasteiger charge is 2.19. The van der Waals surface area contributed by atoms with Crippen LogP contribution in [-0.4, -0.2) is 23.8 Å². The van der Waals surface area contributed by atoms with Gasteiger partial charge in [-0.05, 0) is 30.9 Å². The molecule has 4 heteroatoms. The summed E-state index contributed by atoms with van der Waals surface area (Å²) in [6, 6.07) is 6.84. The minimum Gasteiger partial charge on any atom is -0.266 e. The number of para-hydroxylation sites is 1. The smallest absolute Gasteiger partial charge is 0.266 e. The Balaban J connectivity index is 2.38. The number of benzene rings is 1. The maximum absolute atomic E-state index is 13.6. The van der Waals surface area contributed by atoms with E-state index >= 15 is 0 Å². The van der Waals surface area contributed by atoms with Crippen LogP contribution >= 0.6 is 0 Å². The van der Waals surface area contributed by atoms with Gasteiger partial charge in [0.1, 0.15) is 0 Å². The lowest BCUT2D eigenvalue weighted by Crippen LogP contribution is -2.25. The lowest BCUT2D eigenvalue weighted by molar-refractivity contribution is 0.0172. The summed E-state index contributed by atoms with van der Waals surface area (Å²) >= 11 is 0. The Labute approximate surface area is 99.9 Å². The molecule has 0 aromatic heterocycles. The summed E-state index contributed by atoms with van der Waals surface area (Å²) in [5, 5.41) is 0.288. The van der Waals surface area contributed by atoms with Gasteiger partial charge in [-0.1, -0.05) is 23.5 Å². The van der Waals surface area contributed by atoms with Crippen molar-refractivity contribution in [2.45, 2.75) is 19.8 Å². The quantitative estimate of drug-likeness (QED) is 0.635. The highest BCUT2D eigenvalue weighted by molar-refractivity contribution is 5.98. The fourth-order valence-corrected chi connectivity index (χ4v) is 1.78. The second-order valence-corrected chi connectivity index (χ2v) is 4.35. The second kappa shape index (κ2) is 5.08. The molecule has 1 atom stereocenters. The Bertz CT molecular complexity index is 445. The molecule has 2 rings (SSSR count). The van der Waals surface area contributed by atoms with Crippen LogP contribution in [0.3, 0.4) is 0 Å². The van der Waals surface area contributed by atoms with Crippen LogP contribution in [0.4, 0.5) is 10.2 Å². The molecule has 3 nitrogen and oxygen atoms in total. The maximum Gasteiger partial charge on any atom is 0.283 e. The first-order valence-corrected chi connectivity index (χ1v) is 5.77. The summed E-state index contributed by atoms with van der Waals surface area (Å²) < 4.78 is 13.6. The zero-order valence-corrected chi connectivity index (χ0v) is 9.77. The summed E-state index contributed by atoms with van der Waals surface area (Å²) in [5.74, 6) is -0.276. The third-order valence-corrected chi connectivity index (χ3v) is 2.91. The Hall–Kier alpha value is -1.71. The van der Waals surface area contributed by atoms with E-state index < -0.39 is 5.91 Å². The van der Waals surface area contributed by atoms with Gasteiger partial charge in [0.2, 0.25) is 0 Å². The van der Waals surface area contributed by atoms with Gasteiger partial charge in [-0.2, -0.15) is 5.12 Å². The van der Waals surface area contributed by atoms with Crippen molar-refractivity contribution in [3.05, 3.63) is 29.8 Å². The minimum atomic E-state index is -0.605. The molecule has 90 valence electrons. The summed E-state index contributed by atoms with van der Waals surface area (Å²) in [6.07, 6.45) is 3.26. The monoisotopic (exact) mass is 234 g/mol. The van der Waals surface area contributed by atoms with E-state index in [2.05, 4.69) is 4.99 Å². The van der Waals surface area contributed by atoms with E-state index in [0.717, 1.165) is 6.42 Å². The van der Waals surface area contributed by atoms with E-state index in [1.54, 1.807) is 24.3 Å². The lowest BCUT2D eigenvalue weighted by atomic mass is 10.0. The Morgan fingerprint density at radius 3 is 3.00 bits per heavy atom. The van der Waals surface area contributed by atoms with E-state index in [-0.39, 0.29) is 11.7 Å². The third kappa shape index (κ3) is 2.70. The van der Waals surface area contributed by atoms with Gasteiger partial charge in [0.15, 0.2) is 0 Å². The van der Waals surface area contributed by atoms with Crippen molar-refractivity contribution in [3.8, 4) is 0 Å². The molecule has 1 amide bonds. The Kier molecular flexibility index (Phi) is 3.52. The van der Waals surface area contributed by atoms with Crippen molar-refractivity contribution >= 4 is 17.8 Å². The molecule has 1 aliphatic heterocycles. The molecule has 0 saturated heterocycles. The van der Waals surface area contributed by atoms with Crippen LogP contribution in [0, 0.1) is 5.92 Å². The number of amides is 1. The van der Waals surface area contributed by atoms with Crippen LogP contribution in [0.5, 0.6) is 0 Å². The number of rotatable bonds is 0. The van der Waals surface area contributed by atoms with Gasteiger partial charge in [-0.3, -0.25) is 9.79 Å². The average molecular weight is 234 g/mol. The largest absolute Gasteiger partial charge is 0.283 e. The van der Waals surface area contributed by atoms with E-state index in [1.165, 1.54) is 0 Å². The first-order chi connectivity index (χ1) is 8.18. The van der Waals surface area contributed by atoms with Gasteiger partial charge in [0.25, 0.3) is 5.91 Å². The van der Waals surface area contributed by atoms with Crippen molar-refractivity contribution < 1.29 is 9.28 Å². The molecule has 0 radical (unpaired) electrons. The molecule has 0 bridgehead atoms. The fraction of sp³-hybridized carbons (Fsp3) is 0.385. The van der Waals surface area contributed by atoms with E-state index in [4.69, 9.17) is 0 Å². The summed E-state index contributed by atoms with van der Waals surface area (Å²) in [7, 11) is 0. The van der Waals surface area contributed by atoms with Crippen molar-refractivity contribution in [1.29, 1.82) is 0 Å². The molecule has 17 heavy (non-hydrogen) atoms. The molecule has 1 heterocycles. The highest BCUT2D eigenvalue weighted by Crippen LogP contribution is 2.22. The van der Waals surface area contributed by atoms with Crippen LogP contribution in [0.2, 0.25) is 0 Å². The molecular formula is C13H15FN2O. The zero-order valence-electron chi connectivity index (χ0n) is 9.77. The lowest BCUT2D eigenvalue weighted by Gasteiger charge is -2.17. The predicted molar refractivity (Wildman–Crippen MR) is 65.1 cm³/mol. The van der Waals surface area contributed by atoms with Crippen molar-refractivity contribution in [2.24, 2.45) is 10.9 Å². The molecular weight excluding hydrogens is 219 g/mol. The Morgan fingerprint density at radius 1 is 1.41 bits per heavy atom. The fourth-order valence-electron chi connectivity index (χ4n) is 1.78. The zero-order chi connectivity index (χ0) is 12.3. The molecule has 0 saturated carbocycles. The Morgan fingerprint density at radius 2 is 2.18 bits per heavy atom. The van der Waals surface area contributed by atoms with Gasteiger partial charge in [-0.15, -0.1) is 0 Å². The van der Waals surface area contributed by atoms with Crippen molar-refractivity contribution in [2.75, 3.05) is 6.54 Å². The number of hydrogen-bond donors (Lipinski definition) is 0. The van der Waals surface area contributed by atoms with Crippen molar-refractivity contribution in [3.63, 3.8) is 0 Å². The molecule has 1 aromatic rings. The highest BCUT2D eigenvalue weighted by atomic mass is 19.2. The standard InChI is InChI=1S/C13H15FN2O/c1-10-6-8-15-12-5-3-2-4-11(12)13(17)16(14)9-7-10/h2-5,8,10H,6-7,9H2,1H3. The summed E-state index contributed by atoms with van der Waals surface area (Å²) in [5.41, 5.74) is 0.857.